The molecule has 11 heavy (non-hydrogen) atoms. The fourth-order valence-electron chi connectivity index (χ4n) is 0.396. The summed E-state index contributed by atoms with van der Waals surface area (Å²) in [6.07, 6.45) is 0.588. The number of hydrogen-bond donors (Lipinski definition) is 1. The van der Waals surface area contributed by atoms with Crippen molar-refractivity contribution >= 4 is 49.5 Å². The van der Waals surface area contributed by atoms with Gasteiger partial charge in [0, 0.05) is 43.7 Å². The van der Waals surface area contributed by atoms with Gasteiger partial charge in [-0.3, -0.25) is 4.79 Å². The molecule has 0 saturated heterocycles. The molecule has 0 amide bonds. The van der Waals surface area contributed by atoms with Crippen LogP contribution in [0, 0.1) is 5.92 Å². The SMILES string of the molecule is CCC(C)C(=O)C(=O)O.O.[Ca]. The number of carboxylic acid groups (broad SMARTS) is 1. The molecule has 2 radical (unpaired) electrons. The van der Waals surface area contributed by atoms with E-state index in [1.165, 1.54) is 0 Å². The van der Waals surface area contributed by atoms with Crippen molar-refractivity contribution in [3.05, 3.63) is 0 Å². The molecule has 1 unspecified atom stereocenters. The first-order valence-corrected chi connectivity index (χ1v) is 2.86. The first kappa shape index (κ1) is 17.4. The smallest absolute Gasteiger partial charge is 0.372 e. The maximum absolute atomic E-state index is 10.5. The molecule has 0 aliphatic heterocycles. The zero-order valence-electron chi connectivity index (χ0n) is 6.76. The fourth-order valence-corrected chi connectivity index (χ4v) is 0.396. The van der Waals surface area contributed by atoms with Crippen LogP contribution in [0.15, 0.2) is 0 Å². The topological polar surface area (TPSA) is 85.9 Å². The van der Waals surface area contributed by atoms with Crippen molar-refractivity contribution in [1.82, 2.24) is 0 Å². The average molecular weight is 188 g/mol. The third-order valence-corrected chi connectivity index (χ3v) is 1.27. The Kier molecular flexibility index (Phi) is 13.4. The van der Waals surface area contributed by atoms with Crippen LogP contribution in [0.4, 0.5) is 0 Å². The van der Waals surface area contributed by atoms with Crippen molar-refractivity contribution in [2.24, 2.45) is 5.92 Å². The van der Waals surface area contributed by atoms with E-state index >= 15 is 0 Å². The van der Waals surface area contributed by atoms with Gasteiger partial charge in [-0.25, -0.2) is 4.79 Å². The molecule has 0 aromatic rings. The van der Waals surface area contributed by atoms with Gasteiger partial charge >= 0.3 is 5.97 Å². The number of aliphatic carboxylic acids is 1. The van der Waals surface area contributed by atoms with E-state index in [-0.39, 0.29) is 49.1 Å². The molecule has 1 atom stereocenters. The Morgan fingerprint density at radius 1 is 1.45 bits per heavy atom. The van der Waals surface area contributed by atoms with Crippen LogP contribution < -0.4 is 0 Å². The monoisotopic (exact) mass is 188 g/mol. The van der Waals surface area contributed by atoms with Gasteiger partial charge in [-0.1, -0.05) is 13.8 Å². The minimum atomic E-state index is -1.33. The number of Topliss-reactive ketones (excluding diaryl/α,β-unsaturated/α-hetero) is 1. The number of carboxylic acids is 1. The van der Waals surface area contributed by atoms with Gasteiger partial charge in [-0.15, -0.1) is 0 Å². The second kappa shape index (κ2) is 8.46. The minimum Gasteiger partial charge on any atom is -0.475 e. The number of carbonyl (C=O) groups is 2. The minimum absolute atomic E-state index is 0. The molecule has 0 aliphatic rings. The van der Waals surface area contributed by atoms with Crippen molar-refractivity contribution in [3.8, 4) is 0 Å². The Bertz CT molecular complexity index is 135. The van der Waals surface area contributed by atoms with E-state index in [1.54, 1.807) is 13.8 Å². The summed E-state index contributed by atoms with van der Waals surface area (Å²) in [6.45, 7) is 3.39. The molecule has 3 N–H and O–H groups in total. The molecule has 0 aromatic heterocycles. The van der Waals surface area contributed by atoms with Crippen LogP contribution in [0.1, 0.15) is 20.3 Å². The van der Waals surface area contributed by atoms with E-state index in [1.807, 2.05) is 0 Å². The summed E-state index contributed by atoms with van der Waals surface area (Å²) in [5.41, 5.74) is 0. The largest absolute Gasteiger partial charge is 0.475 e. The van der Waals surface area contributed by atoms with E-state index in [0.717, 1.165) is 0 Å². The summed E-state index contributed by atoms with van der Waals surface area (Å²) in [6, 6.07) is 0. The van der Waals surface area contributed by atoms with Gasteiger partial charge in [0.2, 0.25) is 5.78 Å². The number of ketones is 1. The molecule has 0 aromatic carbocycles. The van der Waals surface area contributed by atoms with E-state index in [4.69, 9.17) is 5.11 Å². The average Bonchev–Trinajstić information content (AvgIpc) is 1.84. The molecule has 4 nitrogen and oxygen atoms in total. The van der Waals surface area contributed by atoms with Gasteiger partial charge in [0.05, 0.1) is 0 Å². The van der Waals surface area contributed by atoms with Gasteiger partial charge in [0.25, 0.3) is 0 Å². The van der Waals surface area contributed by atoms with E-state index in [9.17, 15) is 9.59 Å². The van der Waals surface area contributed by atoms with Crippen LogP contribution in [-0.2, 0) is 9.59 Å². The molecule has 0 spiro atoms. The molecule has 0 rings (SSSR count). The van der Waals surface area contributed by atoms with Crippen LogP contribution in [0.5, 0.6) is 0 Å². The number of rotatable bonds is 3. The molecule has 0 saturated carbocycles. The molecule has 5 heteroatoms. The Hall–Kier alpha value is 0.360. The van der Waals surface area contributed by atoms with Crippen molar-refractivity contribution in [2.45, 2.75) is 20.3 Å². The van der Waals surface area contributed by atoms with Crippen molar-refractivity contribution < 1.29 is 20.2 Å². The number of hydrogen-bond acceptors (Lipinski definition) is 2. The molecule has 0 bridgehead atoms. The van der Waals surface area contributed by atoms with Gasteiger partial charge in [0.1, 0.15) is 0 Å². The maximum Gasteiger partial charge on any atom is 0.372 e. The first-order chi connectivity index (χ1) is 4.09. The normalized spacial score (nSPS) is 10.4. The predicted octanol–water partition coefficient (Wildman–Crippen LogP) is -0.519. The van der Waals surface area contributed by atoms with E-state index in [2.05, 4.69) is 0 Å². The quantitative estimate of drug-likeness (QED) is 0.477. The van der Waals surface area contributed by atoms with Gasteiger partial charge < -0.3 is 10.6 Å². The van der Waals surface area contributed by atoms with Gasteiger partial charge in [-0.05, 0) is 6.42 Å². The summed E-state index contributed by atoms with van der Waals surface area (Å²) in [7, 11) is 0. The standard InChI is InChI=1S/C6H10O3.Ca.H2O/c1-3-4(2)5(7)6(8)9;;/h4H,3H2,1-2H3,(H,8,9);;1H2. The van der Waals surface area contributed by atoms with Gasteiger partial charge in [-0.2, -0.15) is 0 Å². The second-order valence-electron chi connectivity index (χ2n) is 1.98. The zero-order valence-corrected chi connectivity index (χ0v) is 8.96. The summed E-state index contributed by atoms with van der Waals surface area (Å²) in [4.78, 5) is 20.4. The Balaban J connectivity index is -0.000000320. The molecule has 0 fully saturated rings. The third kappa shape index (κ3) is 6.75. The molecule has 0 aliphatic carbocycles. The van der Waals surface area contributed by atoms with Crippen molar-refractivity contribution in [3.63, 3.8) is 0 Å². The van der Waals surface area contributed by atoms with Crippen LogP contribution >= 0.6 is 0 Å². The zero-order chi connectivity index (χ0) is 7.44. The first-order valence-electron chi connectivity index (χ1n) is 2.86. The summed E-state index contributed by atoms with van der Waals surface area (Å²) in [5, 5.41) is 8.13. The second-order valence-corrected chi connectivity index (χ2v) is 1.98. The Labute approximate surface area is 95.3 Å². The molecule has 0 heterocycles. The van der Waals surface area contributed by atoms with E-state index < -0.39 is 11.8 Å². The van der Waals surface area contributed by atoms with Crippen molar-refractivity contribution in [2.75, 3.05) is 0 Å². The van der Waals surface area contributed by atoms with Crippen LogP contribution in [-0.4, -0.2) is 60.1 Å². The summed E-state index contributed by atoms with van der Waals surface area (Å²) in [5.74, 6) is -2.37. The summed E-state index contributed by atoms with van der Waals surface area (Å²) >= 11 is 0. The predicted molar refractivity (Wildman–Crippen MR) is 41.5 cm³/mol. The summed E-state index contributed by atoms with van der Waals surface area (Å²) < 4.78 is 0. The third-order valence-electron chi connectivity index (χ3n) is 1.27. The molecule has 62 valence electrons. The van der Waals surface area contributed by atoms with Gasteiger partial charge in [0.15, 0.2) is 0 Å². The molecular weight excluding hydrogens is 176 g/mol. The maximum atomic E-state index is 10.5. The number of carbonyl (C=O) groups excluding carboxylic acids is 1. The van der Waals surface area contributed by atoms with E-state index in [0.29, 0.717) is 6.42 Å². The van der Waals surface area contributed by atoms with Crippen LogP contribution in [0.2, 0.25) is 0 Å². The molecular formula is C6H12CaO4. The van der Waals surface area contributed by atoms with Crippen molar-refractivity contribution in [1.29, 1.82) is 0 Å². The van der Waals surface area contributed by atoms with Crippen LogP contribution in [0.25, 0.3) is 0 Å². The Morgan fingerprint density at radius 3 is 1.91 bits per heavy atom. The fraction of sp³-hybridized carbons (Fsp3) is 0.667. The Morgan fingerprint density at radius 2 is 1.82 bits per heavy atom. The van der Waals surface area contributed by atoms with Crippen LogP contribution in [0.3, 0.4) is 0 Å².